The Morgan fingerprint density at radius 3 is 2.11 bits per heavy atom. The van der Waals surface area contributed by atoms with Gasteiger partial charge < -0.3 is 5.11 Å². The van der Waals surface area contributed by atoms with Gasteiger partial charge >= 0.3 is 0 Å². The van der Waals surface area contributed by atoms with E-state index in [1.165, 1.54) is 12.8 Å². The third-order valence-corrected chi connectivity index (χ3v) is 1.35. The summed E-state index contributed by atoms with van der Waals surface area (Å²) in [6.45, 7) is 1.08. The van der Waals surface area contributed by atoms with Crippen molar-refractivity contribution in [3.63, 3.8) is 0 Å². The van der Waals surface area contributed by atoms with Gasteiger partial charge in [0.2, 0.25) is 0 Å². The second-order valence-corrected chi connectivity index (χ2v) is 2.43. The van der Waals surface area contributed by atoms with Gasteiger partial charge in [-0.3, -0.25) is 4.79 Å². The highest BCUT2D eigenvalue weighted by atomic mass is 35.5. The smallest absolute Gasteiger partial charge is 0.300 e. The standard InChI is InChI=1S/C4H7Cl.C2H4O2/c5-3-4-1-2-4;1-2(3)4/h4H,1-3H2;1H3,(H,3,4). The molecule has 0 saturated heterocycles. The maximum absolute atomic E-state index is 9.00. The van der Waals surface area contributed by atoms with Crippen LogP contribution < -0.4 is 0 Å². The molecule has 0 radical (unpaired) electrons. The fraction of sp³-hybridized carbons (Fsp3) is 0.833. The number of carboxylic acids is 1. The van der Waals surface area contributed by atoms with Gasteiger partial charge in [0.15, 0.2) is 0 Å². The van der Waals surface area contributed by atoms with Crippen molar-refractivity contribution in [2.75, 3.05) is 5.88 Å². The summed E-state index contributed by atoms with van der Waals surface area (Å²) in [5.41, 5.74) is 0. The van der Waals surface area contributed by atoms with E-state index in [0.717, 1.165) is 18.7 Å². The van der Waals surface area contributed by atoms with Crippen LogP contribution in [0, 0.1) is 5.92 Å². The topological polar surface area (TPSA) is 37.3 Å². The first-order valence-electron chi connectivity index (χ1n) is 2.92. The van der Waals surface area contributed by atoms with E-state index < -0.39 is 5.97 Å². The van der Waals surface area contributed by atoms with Crippen molar-refractivity contribution >= 4 is 17.6 Å². The lowest BCUT2D eigenvalue weighted by Crippen LogP contribution is -1.78. The maximum Gasteiger partial charge on any atom is 0.300 e. The molecule has 54 valence electrons. The van der Waals surface area contributed by atoms with E-state index >= 15 is 0 Å². The second kappa shape index (κ2) is 4.62. The Morgan fingerprint density at radius 2 is 2.11 bits per heavy atom. The number of carboxylic acid groups (broad SMARTS) is 1. The first-order valence-corrected chi connectivity index (χ1v) is 3.45. The van der Waals surface area contributed by atoms with Crippen LogP contribution in [0.25, 0.3) is 0 Å². The zero-order chi connectivity index (χ0) is 7.28. The van der Waals surface area contributed by atoms with Gasteiger partial charge in [-0.1, -0.05) is 0 Å². The molecule has 0 heterocycles. The molecule has 0 aliphatic heterocycles. The minimum absolute atomic E-state index is 0.833. The highest BCUT2D eigenvalue weighted by Crippen LogP contribution is 2.29. The molecular weight excluding hydrogens is 140 g/mol. The lowest BCUT2D eigenvalue weighted by molar-refractivity contribution is -0.134. The zero-order valence-corrected chi connectivity index (χ0v) is 6.19. The fourth-order valence-corrected chi connectivity index (χ4v) is 0.581. The van der Waals surface area contributed by atoms with Crippen molar-refractivity contribution < 1.29 is 9.90 Å². The quantitative estimate of drug-likeness (QED) is 0.578. The molecule has 3 heteroatoms. The molecule has 1 rings (SSSR count). The van der Waals surface area contributed by atoms with Crippen molar-refractivity contribution in [2.45, 2.75) is 19.8 Å². The van der Waals surface area contributed by atoms with Crippen LogP contribution in [0.5, 0.6) is 0 Å². The largest absolute Gasteiger partial charge is 0.481 e. The Hall–Kier alpha value is -0.240. The summed E-state index contributed by atoms with van der Waals surface area (Å²) in [5, 5.41) is 7.42. The van der Waals surface area contributed by atoms with Crippen LogP contribution in [0.3, 0.4) is 0 Å². The molecule has 1 saturated carbocycles. The van der Waals surface area contributed by atoms with Crippen LogP contribution in [-0.4, -0.2) is 17.0 Å². The molecule has 0 aromatic heterocycles. The van der Waals surface area contributed by atoms with Gasteiger partial charge in [0.05, 0.1) is 0 Å². The Bertz CT molecular complexity index is 85.1. The minimum Gasteiger partial charge on any atom is -0.481 e. The monoisotopic (exact) mass is 150 g/mol. The molecule has 9 heavy (non-hydrogen) atoms. The molecule has 1 aliphatic rings. The van der Waals surface area contributed by atoms with E-state index in [0.29, 0.717) is 0 Å². The molecule has 0 spiro atoms. The summed E-state index contributed by atoms with van der Waals surface area (Å²) in [6, 6.07) is 0. The van der Waals surface area contributed by atoms with Gasteiger partial charge in [-0.15, -0.1) is 11.6 Å². The number of halogens is 1. The second-order valence-electron chi connectivity index (χ2n) is 2.12. The number of aliphatic carboxylic acids is 1. The van der Waals surface area contributed by atoms with Gasteiger partial charge in [0.25, 0.3) is 5.97 Å². The zero-order valence-electron chi connectivity index (χ0n) is 5.43. The van der Waals surface area contributed by atoms with Gasteiger partial charge in [-0.05, 0) is 18.8 Å². The first kappa shape index (κ1) is 8.76. The highest BCUT2D eigenvalue weighted by molar-refractivity contribution is 6.18. The minimum atomic E-state index is -0.833. The van der Waals surface area contributed by atoms with Gasteiger partial charge in [-0.25, -0.2) is 0 Å². The fourth-order valence-electron chi connectivity index (χ4n) is 0.272. The average molecular weight is 151 g/mol. The van der Waals surface area contributed by atoms with Crippen LogP contribution in [0.2, 0.25) is 0 Å². The van der Waals surface area contributed by atoms with E-state index in [4.69, 9.17) is 21.5 Å². The molecule has 0 aromatic carbocycles. The lowest BCUT2D eigenvalue weighted by atomic mass is 10.5. The predicted molar refractivity (Wildman–Crippen MR) is 36.8 cm³/mol. The molecule has 0 unspecified atom stereocenters. The third-order valence-electron chi connectivity index (χ3n) is 0.915. The molecule has 0 bridgehead atoms. The third kappa shape index (κ3) is 11.4. The maximum atomic E-state index is 9.00. The number of carbonyl (C=O) groups is 1. The van der Waals surface area contributed by atoms with Crippen molar-refractivity contribution in [3.8, 4) is 0 Å². The summed E-state index contributed by atoms with van der Waals surface area (Å²) in [7, 11) is 0. The van der Waals surface area contributed by atoms with Crippen LogP contribution >= 0.6 is 11.6 Å². The number of hydrogen-bond donors (Lipinski definition) is 1. The Balaban J connectivity index is 0.000000148. The summed E-state index contributed by atoms with van der Waals surface area (Å²) >= 11 is 5.40. The van der Waals surface area contributed by atoms with E-state index in [1.807, 2.05) is 0 Å². The molecule has 0 amide bonds. The summed E-state index contributed by atoms with van der Waals surface area (Å²) in [5.74, 6) is 0.955. The number of alkyl halides is 1. The van der Waals surface area contributed by atoms with Crippen LogP contribution in [0.4, 0.5) is 0 Å². The Labute approximate surface area is 59.8 Å². The van der Waals surface area contributed by atoms with Crippen molar-refractivity contribution in [1.82, 2.24) is 0 Å². The first-order chi connectivity index (χ1) is 4.16. The lowest BCUT2D eigenvalue weighted by Gasteiger charge is -1.70. The average Bonchev–Trinajstić information content (AvgIpc) is 2.43. The molecule has 1 fully saturated rings. The van der Waals surface area contributed by atoms with Crippen molar-refractivity contribution in [2.24, 2.45) is 5.92 Å². The molecular formula is C6H11ClO2. The SMILES string of the molecule is CC(=O)O.ClCC1CC1. The molecule has 2 nitrogen and oxygen atoms in total. The summed E-state index contributed by atoms with van der Waals surface area (Å²) < 4.78 is 0. The van der Waals surface area contributed by atoms with Gasteiger partial charge in [-0.2, -0.15) is 0 Å². The van der Waals surface area contributed by atoms with Crippen LogP contribution in [-0.2, 0) is 4.79 Å². The van der Waals surface area contributed by atoms with Gasteiger partial charge in [0, 0.05) is 12.8 Å². The van der Waals surface area contributed by atoms with E-state index in [-0.39, 0.29) is 0 Å². The van der Waals surface area contributed by atoms with E-state index in [9.17, 15) is 0 Å². The van der Waals surface area contributed by atoms with Gasteiger partial charge in [0.1, 0.15) is 0 Å². The normalized spacial score (nSPS) is 15.8. The summed E-state index contributed by atoms with van der Waals surface area (Å²) in [4.78, 5) is 9.00. The Morgan fingerprint density at radius 1 is 1.78 bits per heavy atom. The Kier molecular flexibility index (Phi) is 4.50. The molecule has 0 atom stereocenters. The number of hydrogen-bond acceptors (Lipinski definition) is 1. The summed E-state index contributed by atoms with van der Waals surface area (Å²) in [6.07, 6.45) is 2.76. The highest BCUT2D eigenvalue weighted by Gasteiger charge is 2.18. The number of rotatable bonds is 1. The van der Waals surface area contributed by atoms with Crippen LogP contribution in [0.15, 0.2) is 0 Å². The molecule has 1 N–H and O–H groups in total. The van der Waals surface area contributed by atoms with E-state index in [1.54, 1.807) is 0 Å². The van der Waals surface area contributed by atoms with Crippen molar-refractivity contribution in [3.05, 3.63) is 0 Å². The predicted octanol–water partition coefficient (Wildman–Crippen LogP) is 1.73. The van der Waals surface area contributed by atoms with E-state index in [2.05, 4.69) is 0 Å². The molecule has 1 aliphatic carbocycles. The van der Waals surface area contributed by atoms with Crippen LogP contribution in [0.1, 0.15) is 19.8 Å². The molecule has 0 aromatic rings. The van der Waals surface area contributed by atoms with Crippen molar-refractivity contribution in [1.29, 1.82) is 0 Å².